The third-order valence-electron chi connectivity index (χ3n) is 2.49. The summed E-state index contributed by atoms with van der Waals surface area (Å²) < 4.78 is 0. The molecular weight excluding hydrogens is 305 g/mol. The Labute approximate surface area is 130 Å². The second-order valence-electron chi connectivity index (χ2n) is 3.77. The van der Waals surface area contributed by atoms with Crippen molar-refractivity contribution < 1.29 is 0 Å². The predicted octanol–water partition coefficient (Wildman–Crippen LogP) is 3.82. The molecule has 0 fully saturated rings. The number of halogens is 3. The number of nitrogens with one attached hydrogen (secondary N) is 1. The molecule has 0 aliphatic carbocycles. The molecule has 6 heteroatoms. The lowest BCUT2D eigenvalue weighted by atomic mass is 10.1. The highest BCUT2D eigenvalue weighted by Crippen LogP contribution is 2.15. The summed E-state index contributed by atoms with van der Waals surface area (Å²) in [6.45, 7) is 0.829. The predicted molar refractivity (Wildman–Crippen MR) is 86.8 cm³/mol. The van der Waals surface area contributed by atoms with Crippen molar-refractivity contribution >= 4 is 47.8 Å². The highest BCUT2D eigenvalue weighted by Gasteiger charge is 1.97. The molecule has 0 saturated heterocycles. The Morgan fingerprint density at radius 2 is 1.79 bits per heavy atom. The molecule has 0 spiro atoms. The maximum absolute atomic E-state index is 5.82. The summed E-state index contributed by atoms with van der Waals surface area (Å²) in [5.41, 5.74) is 8.62. The summed E-state index contributed by atoms with van der Waals surface area (Å²) in [6, 6.07) is 9.73. The zero-order valence-electron chi connectivity index (χ0n) is 10.2. The number of nitrogen functional groups attached to an aromatic ring is 1. The van der Waals surface area contributed by atoms with E-state index >= 15 is 0 Å². The summed E-state index contributed by atoms with van der Waals surface area (Å²) in [6.07, 6.45) is 4.30. The van der Waals surface area contributed by atoms with Crippen LogP contribution in [-0.4, -0.2) is 11.5 Å². The Hall–Kier alpha value is -1.16. The van der Waals surface area contributed by atoms with Crippen molar-refractivity contribution in [2.75, 3.05) is 17.6 Å². The van der Waals surface area contributed by atoms with E-state index in [1.54, 1.807) is 12.4 Å². The average molecular weight is 321 g/mol. The van der Waals surface area contributed by atoms with Gasteiger partial charge < -0.3 is 11.1 Å². The van der Waals surface area contributed by atoms with E-state index in [1.807, 2.05) is 30.3 Å². The fourth-order valence-corrected chi connectivity index (χ4v) is 1.69. The third kappa shape index (κ3) is 5.55. The standard InChI is InChI=1S/C13H14ClN3.2ClH/c14-11-3-1-10(2-4-11)5-8-17-13-6-7-16-9-12(13)15;;/h1-4,6-7,9H,5,8,15H2,(H,16,17);2*1H. The maximum atomic E-state index is 5.82. The van der Waals surface area contributed by atoms with E-state index in [1.165, 1.54) is 5.56 Å². The number of pyridine rings is 1. The fourth-order valence-electron chi connectivity index (χ4n) is 1.56. The van der Waals surface area contributed by atoms with Crippen molar-refractivity contribution in [1.29, 1.82) is 0 Å². The summed E-state index contributed by atoms with van der Waals surface area (Å²) in [5, 5.41) is 4.04. The van der Waals surface area contributed by atoms with Crippen molar-refractivity contribution in [3.8, 4) is 0 Å². The van der Waals surface area contributed by atoms with Crippen LogP contribution in [0.25, 0.3) is 0 Å². The van der Waals surface area contributed by atoms with Crippen LogP contribution in [0.15, 0.2) is 42.7 Å². The minimum Gasteiger partial charge on any atom is -0.396 e. The molecule has 1 heterocycles. The molecule has 0 atom stereocenters. The summed E-state index contributed by atoms with van der Waals surface area (Å²) >= 11 is 5.82. The van der Waals surface area contributed by atoms with Gasteiger partial charge in [0.1, 0.15) is 0 Å². The van der Waals surface area contributed by atoms with Gasteiger partial charge >= 0.3 is 0 Å². The van der Waals surface area contributed by atoms with Crippen molar-refractivity contribution in [2.45, 2.75) is 6.42 Å². The van der Waals surface area contributed by atoms with Gasteiger partial charge in [-0.1, -0.05) is 23.7 Å². The third-order valence-corrected chi connectivity index (χ3v) is 2.75. The molecule has 0 unspecified atom stereocenters. The lowest BCUT2D eigenvalue weighted by Gasteiger charge is -2.08. The van der Waals surface area contributed by atoms with Crippen LogP contribution in [0, 0.1) is 0 Å². The monoisotopic (exact) mass is 319 g/mol. The van der Waals surface area contributed by atoms with Gasteiger partial charge in [0, 0.05) is 17.8 Å². The lowest BCUT2D eigenvalue weighted by Crippen LogP contribution is -2.06. The van der Waals surface area contributed by atoms with E-state index < -0.39 is 0 Å². The first-order valence-corrected chi connectivity index (χ1v) is 5.81. The Balaban J connectivity index is 0.00000162. The van der Waals surface area contributed by atoms with E-state index in [9.17, 15) is 0 Å². The van der Waals surface area contributed by atoms with Gasteiger partial charge in [-0.05, 0) is 30.2 Å². The fraction of sp³-hybridized carbons (Fsp3) is 0.154. The number of hydrogen-bond acceptors (Lipinski definition) is 3. The lowest BCUT2D eigenvalue weighted by molar-refractivity contribution is 1.02. The van der Waals surface area contributed by atoms with Gasteiger partial charge in [0.15, 0.2) is 0 Å². The number of nitrogens with two attached hydrogens (primary N) is 1. The molecule has 19 heavy (non-hydrogen) atoms. The van der Waals surface area contributed by atoms with Crippen LogP contribution in [0.1, 0.15) is 5.56 Å². The number of anilines is 2. The maximum Gasteiger partial charge on any atom is 0.0736 e. The first-order valence-electron chi connectivity index (χ1n) is 5.43. The number of hydrogen-bond donors (Lipinski definition) is 2. The van der Waals surface area contributed by atoms with E-state index in [0.29, 0.717) is 5.69 Å². The van der Waals surface area contributed by atoms with Crippen LogP contribution < -0.4 is 11.1 Å². The molecule has 2 rings (SSSR count). The largest absolute Gasteiger partial charge is 0.396 e. The number of nitrogens with zero attached hydrogens (tertiary/aromatic N) is 1. The van der Waals surface area contributed by atoms with E-state index in [0.717, 1.165) is 23.7 Å². The molecule has 0 radical (unpaired) electrons. The normalized spacial score (nSPS) is 9.11. The zero-order chi connectivity index (χ0) is 12.1. The Bertz CT molecular complexity index is 489. The second-order valence-corrected chi connectivity index (χ2v) is 4.20. The van der Waals surface area contributed by atoms with E-state index in [2.05, 4.69) is 10.3 Å². The van der Waals surface area contributed by atoms with Gasteiger partial charge in [-0.25, -0.2) is 0 Å². The highest BCUT2D eigenvalue weighted by molar-refractivity contribution is 6.30. The quantitative estimate of drug-likeness (QED) is 0.900. The molecule has 3 N–H and O–H groups in total. The number of benzene rings is 1. The molecule has 0 saturated carbocycles. The van der Waals surface area contributed by atoms with Gasteiger partial charge in [0.2, 0.25) is 0 Å². The summed E-state index contributed by atoms with van der Waals surface area (Å²) in [5.74, 6) is 0. The SMILES string of the molecule is Cl.Cl.Nc1cnccc1NCCc1ccc(Cl)cc1. The van der Waals surface area contributed by atoms with Crippen LogP contribution >= 0.6 is 36.4 Å². The van der Waals surface area contributed by atoms with E-state index in [4.69, 9.17) is 17.3 Å². The van der Waals surface area contributed by atoms with Crippen LogP contribution in [-0.2, 0) is 6.42 Å². The smallest absolute Gasteiger partial charge is 0.0736 e. The topological polar surface area (TPSA) is 50.9 Å². The second kappa shape index (κ2) is 8.86. The minimum absolute atomic E-state index is 0. The summed E-state index contributed by atoms with van der Waals surface area (Å²) in [7, 11) is 0. The zero-order valence-corrected chi connectivity index (χ0v) is 12.6. The molecule has 3 nitrogen and oxygen atoms in total. The van der Waals surface area contributed by atoms with E-state index in [-0.39, 0.29) is 24.8 Å². The molecule has 0 bridgehead atoms. The van der Waals surface area contributed by atoms with Crippen LogP contribution in [0.3, 0.4) is 0 Å². The van der Waals surface area contributed by atoms with Crippen molar-refractivity contribution in [3.05, 3.63) is 53.3 Å². The van der Waals surface area contributed by atoms with Gasteiger partial charge in [-0.2, -0.15) is 0 Å². The highest BCUT2D eigenvalue weighted by atomic mass is 35.5. The van der Waals surface area contributed by atoms with Gasteiger partial charge in [0.05, 0.1) is 17.6 Å². The van der Waals surface area contributed by atoms with Gasteiger partial charge in [-0.3, -0.25) is 4.98 Å². The molecule has 1 aromatic heterocycles. The van der Waals surface area contributed by atoms with Crippen LogP contribution in [0.5, 0.6) is 0 Å². The molecule has 104 valence electrons. The van der Waals surface area contributed by atoms with Crippen LogP contribution in [0.2, 0.25) is 5.02 Å². The molecule has 0 aliphatic rings. The van der Waals surface area contributed by atoms with Crippen molar-refractivity contribution in [1.82, 2.24) is 4.98 Å². The minimum atomic E-state index is 0. The Morgan fingerprint density at radius 3 is 2.42 bits per heavy atom. The Morgan fingerprint density at radius 1 is 1.11 bits per heavy atom. The van der Waals surface area contributed by atoms with Crippen molar-refractivity contribution in [2.24, 2.45) is 0 Å². The van der Waals surface area contributed by atoms with Crippen molar-refractivity contribution in [3.63, 3.8) is 0 Å². The molecule has 0 aliphatic heterocycles. The van der Waals surface area contributed by atoms with Gasteiger partial charge in [0.25, 0.3) is 0 Å². The molecular formula is C13H16Cl3N3. The average Bonchev–Trinajstić information content (AvgIpc) is 2.34. The van der Waals surface area contributed by atoms with Crippen LogP contribution in [0.4, 0.5) is 11.4 Å². The number of aromatic nitrogens is 1. The Kier molecular flexibility index (Phi) is 8.32. The number of rotatable bonds is 4. The van der Waals surface area contributed by atoms with Gasteiger partial charge in [-0.15, -0.1) is 24.8 Å². The first-order chi connectivity index (χ1) is 8.25. The molecule has 0 amide bonds. The first kappa shape index (κ1) is 17.8. The summed E-state index contributed by atoms with van der Waals surface area (Å²) in [4.78, 5) is 3.94. The molecule has 1 aromatic carbocycles. The molecule has 2 aromatic rings.